The summed E-state index contributed by atoms with van der Waals surface area (Å²) in [6, 6.07) is 6.50. The van der Waals surface area contributed by atoms with E-state index in [-0.39, 0.29) is 45.7 Å². The topological polar surface area (TPSA) is 193 Å². The lowest BCUT2D eigenvalue weighted by atomic mass is 10.0. The van der Waals surface area contributed by atoms with Gasteiger partial charge in [0.2, 0.25) is 21.9 Å². The summed E-state index contributed by atoms with van der Waals surface area (Å²) in [4.78, 5) is 44.2. The number of nitrogens with one attached hydrogen (secondary N) is 2. The van der Waals surface area contributed by atoms with Crippen LogP contribution in [0.25, 0.3) is 11.1 Å². The number of aliphatic imine (C=N–C) groups is 1. The van der Waals surface area contributed by atoms with Gasteiger partial charge in [-0.05, 0) is 30.5 Å². The molecule has 3 aromatic rings. The third-order valence-electron chi connectivity index (χ3n) is 6.00. The quantitative estimate of drug-likeness (QED) is 0.210. The zero-order valence-electron chi connectivity index (χ0n) is 23.7. The third kappa shape index (κ3) is 8.15. The van der Waals surface area contributed by atoms with Crippen LogP contribution in [0.1, 0.15) is 17.5 Å². The molecule has 3 heterocycles. The average molecular weight is 614 g/mol. The number of amides is 2. The molecule has 0 radical (unpaired) electrons. The molecule has 4 rings (SSSR count). The van der Waals surface area contributed by atoms with E-state index in [2.05, 4.69) is 30.7 Å². The monoisotopic (exact) mass is 613 g/mol. The zero-order chi connectivity index (χ0) is 30.8. The summed E-state index contributed by atoms with van der Waals surface area (Å²) in [6.45, 7) is 4.81. The number of methoxy groups -OCH3 is 2. The fourth-order valence-electron chi connectivity index (χ4n) is 4.09. The number of anilines is 1. The molecule has 0 atom stereocenters. The van der Waals surface area contributed by atoms with Crippen LogP contribution < -0.4 is 36.2 Å². The van der Waals surface area contributed by atoms with Gasteiger partial charge in [-0.2, -0.15) is 0 Å². The molecule has 1 saturated heterocycles. The van der Waals surface area contributed by atoms with Gasteiger partial charge in [-0.25, -0.2) is 9.79 Å². The number of hydrogen-bond acceptors (Lipinski definition) is 14. The molecule has 1 aliphatic heterocycles. The number of hydrogen-bond donors (Lipinski definition) is 3. The minimum Gasteiger partial charge on any atom is -0.496 e. The van der Waals surface area contributed by atoms with Gasteiger partial charge in [0.1, 0.15) is 23.9 Å². The molecule has 0 aliphatic carbocycles. The molecule has 0 spiro atoms. The summed E-state index contributed by atoms with van der Waals surface area (Å²) in [5.74, 6) is -0.638. The molecular formula is C27H31N7O8S. The van der Waals surface area contributed by atoms with Crippen LogP contribution in [0, 0.1) is 0 Å². The SMILES string of the molecule is COc1cccc(OC)c1-c1cc(C(=O)Nc2nnc(/N=C(/C=C\N)NC(C)=O)s2)oc(=O)c1OCCN1CCOCC1. The van der Waals surface area contributed by atoms with Gasteiger partial charge < -0.3 is 34.4 Å². The Labute approximate surface area is 250 Å². The fraction of sp³-hybridized carbons (Fsp3) is 0.333. The number of carbonyl (C=O) groups is 2. The second kappa shape index (κ2) is 14.9. The number of morpholine rings is 1. The van der Waals surface area contributed by atoms with Crippen LogP contribution in [0.2, 0.25) is 0 Å². The Morgan fingerprint density at radius 2 is 1.91 bits per heavy atom. The lowest BCUT2D eigenvalue weighted by molar-refractivity contribution is -0.117. The summed E-state index contributed by atoms with van der Waals surface area (Å²) in [5.41, 5.74) is 5.18. The molecule has 1 fully saturated rings. The first-order chi connectivity index (χ1) is 20.8. The molecule has 1 aliphatic rings. The van der Waals surface area contributed by atoms with Crippen molar-refractivity contribution >= 4 is 39.2 Å². The second-order valence-corrected chi connectivity index (χ2v) is 9.82. The van der Waals surface area contributed by atoms with Crippen LogP contribution in [0.4, 0.5) is 10.3 Å². The first-order valence-corrected chi connectivity index (χ1v) is 13.9. The minimum absolute atomic E-state index is 0.0626. The number of benzene rings is 1. The van der Waals surface area contributed by atoms with Crippen molar-refractivity contribution in [3.8, 4) is 28.4 Å². The van der Waals surface area contributed by atoms with Crippen LogP contribution >= 0.6 is 11.3 Å². The van der Waals surface area contributed by atoms with Crippen molar-refractivity contribution < 1.29 is 33.0 Å². The summed E-state index contributed by atoms with van der Waals surface area (Å²) in [6.07, 6.45) is 2.57. The molecule has 0 unspecified atom stereocenters. The maximum Gasteiger partial charge on any atom is 0.379 e. The Kier molecular flexibility index (Phi) is 10.8. The van der Waals surface area contributed by atoms with Gasteiger partial charge >= 0.3 is 5.63 Å². The van der Waals surface area contributed by atoms with Crippen molar-refractivity contribution in [2.75, 3.05) is 59.0 Å². The third-order valence-corrected chi connectivity index (χ3v) is 6.73. The Morgan fingerprint density at radius 3 is 2.56 bits per heavy atom. The summed E-state index contributed by atoms with van der Waals surface area (Å²) in [5, 5.41) is 13.0. The fourth-order valence-corrected chi connectivity index (χ4v) is 4.71. The van der Waals surface area contributed by atoms with Gasteiger partial charge in [0.15, 0.2) is 5.76 Å². The van der Waals surface area contributed by atoms with Crippen molar-refractivity contribution in [2.45, 2.75) is 6.92 Å². The number of rotatable bonds is 11. The predicted molar refractivity (Wildman–Crippen MR) is 158 cm³/mol. The standard InChI is InChI=1S/C27H31N7O8S/c1-16(35)29-21(7-8-28)30-26-32-33-27(43-26)31-24(36)20-15-17(22-18(38-2)5-4-6-19(22)39-3)23(25(37)42-20)41-14-11-34-9-12-40-13-10-34/h4-8,15H,9-14,28H2,1-3H3,(H,31,33,36)(H,29,30,32,35)/b8-7-. The van der Waals surface area contributed by atoms with Crippen molar-refractivity contribution in [3.05, 3.63) is 52.7 Å². The first-order valence-electron chi connectivity index (χ1n) is 13.0. The number of nitrogens with zero attached hydrogens (tertiary/aromatic N) is 4. The van der Waals surface area contributed by atoms with E-state index in [4.69, 9.17) is 29.1 Å². The van der Waals surface area contributed by atoms with Crippen molar-refractivity contribution in [1.82, 2.24) is 20.4 Å². The van der Waals surface area contributed by atoms with Crippen LogP contribution in [-0.2, 0) is 9.53 Å². The van der Waals surface area contributed by atoms with Crippen molar-refractivity contribution in [1.29, 1.82) is 0 Å². The molecule has 15 nitrogen and oxygen atoms in total. The molecule has 2 aromatic heterocycles. The normalized spacial score (nSPS) is 14.0. The molecule has 0 bridgehead atoms. The maximum atomic E-state index is 13.3. The number of nitrogens with two attached hydrogens (primary N) is 1. The van der Waals surface area contributed by atoms with E-state index >= 15 is 0 Å². The Morgan fingerprint density at radius 1 is 1.19 bits per heavy atom. The lowest BCUT2D eigenvalue weighted by Gasteiger charge is -2.26. The van der Waals surface area contributed by atoms with Gasteiger partial charge in [0.25, 0.3) is 5.91 Å². The van der Waals surface area contributed by atoms with Crippen LogP contribution in [0.3, 0.4) is 0 Å². The van der Waals surface area contributed by atoms with Gasteiger partial charge in [-0.3, -0.25) is 19.8 Å². The number of aromatic nitrogens is 2. The number of ether oxygens (including phenoxy) is 4. The van der Waals surface area contributed by atoms with E-state index in [9.17, 15) is 14.4 Å². The summed E-state index contributed by atoms with van der Waals surface area (Å²) in [7, 11) is 2.96. The Hall–Kier alpha value is -4.80. The Bertz CT molecular complexity index is 1540. The van der Waals surface area contributed by atoms with E-state index in [0.717, 1.165) is 24.4 Å². The summed E-state index contributed by atoms with van der Waals surface area (Å²) < 4.78 is 27.8. The second-order valence-electron chi connectivity index (χ2n) is 8.86. The molecule has 228 valence electrons. The Balaban J connectivity index is 1.65. The van der Waals surface area contributed by atoms with Gasteiger partial charge in [-0.1, -0.05) is 17.4 Å². The first kappa shape index (κ1) is 31.1. The lowest BCUT2D eigenvalue weighted by Crippen LogP contribution is -2.38. The molecular weight excluding hydrogens is 582 g/mol. The van der Waals surface area contributed by atoms with E-state index in [0.29, 0.717) is 36.8 Å². The van der Waals surface area contributed by atoms with E-state index in [1.807, 2.05) is 0 Å². The molecule has 16 heteroatoms. The number of carbonyl (C=O) groups excluding carboxylic acids is 2. The van der Waals surface area contributed by atoms with Crippen LogP contribution in [0.15, 0.2) is 50.7 Å². The average Bonchev–Trinajstić information content (AvgIpc) is 3.43. The van der Waals surface area contributed by atoms with Gasteiger partial charge in [0, 0.05) is 32.1 Å². The maximum absolute atomic E-state index is 13.3. The highest BCUT2D eigenvalue weighted by molar-refractivity contribution is 7.18. The zero-order valence-corrected chi connectivity index (χ0v) is 24.6. The van der Waals surface area contributed by atoms with E-state index in [1.54, 1.807) is 18.2 Å². The van der Waals surface area contributed by atoms with E-state index in [1.165, 1.54) is 39.5 Å². The molecule has 4 N–H and O–H groups in total. The molecule has 1 aromatic carbocycles. The van der Waals surface area contributed by atoms with Crippen molar-refractivity contribution in [2.24, 2.45) is 10.7 Å². The smallest absolute Gasteiger partial charge is 0.379 e. The molecule has 0 saturated carbocycles. The molecule has 43 heavy (non-hydrogen) atoms. The highest BCUT2D eigenvalue weighted by Gasteiger charge is 2.25. The van der Waals surface area contributed by atoms with E-state index < -0.39 is 11.5 Å². The van der Waals surface area contributed by atoms with Gasteiger partial charge in [0.05, 0.1) is 33.0 Å². The largest absolute Gasteiger partial charge is 0.496 e. The predicted octanol–water partition coefficient (Wildman–Crippen LogP) is 1.78. The highest BCUT2D eigenvalue weighted by Crippen LogP contribution is 2.42. The van der Waals surface area contributed by atoms with Crippen LogP contribution in [0.5, 0.6) is 17.2 Å². The minimum atomic E-state index is -0.867. The molecule has 2 amide bonds. The van der Waals surface area contributed by atoms with Crippen LogP contribution in [-0.4, -0.2) is 86.4 Å². The summed E-state index contributed by atoms with van der Waals surface area (Å²) >= 11 is 0.916. The van der Waals surface area contributed by atoms with Crippen molar-refractivity contribution in [3.63, 3.8) is 0 Å². The highest BCUT2D eigenvalue weighted by atomic mass is 32.1. The van der Waals surface area contributed by atoms with Gasteiger partial charge in [-0.15, -0.1) is 10.2 Å². The number of amidine groups is 1.